The highest BCUT2D eigenvalue weighted by atomic mass is 16.6. The van der Waals surface area contributed by atoms with Gasteiger partial charge in [-0.1, -0.05) is 0 Å². The summed E-state index contributed by atoms with van der Waals surface area (Å²) in [7, 11) is 2.02. The molecule has 2 N–H and O–H groups in total. The summed E-state index contributed by atoms with van der Waals surface area (Å²) in [6.45, 7) is 2.94. The van der Waals surface area contributed by atoms with E-state index in [9.17, 15) is 20.2 Å². The Hall–Kier alpha value is -4.38. The highest BCUT2D eigenvalue weighted by Crippen LogP contribution is 2.26. The molecular formula is C23H23N7O4. The van der Waals surface area contributed by atoms with Gasteiger partial charge >= 0.3 is 0 Å². The first kappa shape index (κ1) is 22.8. The molecular weight excluding hydrogens is 438 g/mol. The fourth-order valence-corrected chi connectivity index (χ4v) is 3.68. The lowest BCUT2D eigenvalue weighted by Crippen LogP contribution is -2.29. The van der Waals surface area contributed by atoms with Crippen molar-refractivity contribution < 1.29 is 9.85 Å². The van der Waals surface area contributed by atoms with Crippen molar-refractivity contribution in [2.45, 2.75) is 0 Å². The number of likely N-dealkylation sites (N-methyl/N-ethyl adjacent to an activating group) is 1. The maximum absolute atomic E-state index is 11.0. The zero-order valence-electron chi connectivity index (χ0n) is 18.5. The Labute approximate surface area is 194 Å². The van der Waals surface area contributed by atoms with Crippen LogP contribution in [0.2, 0.25) is 0 Å². The second-order valence-corrected chi connectivity index (χ2v) is 7.79. The molecule has 0 radical (unpaired) electrons. The average molecular weight is 461 g/mol. The molecule has 34 heavy (non-hydrogen) atoms. The highest BCUT2D eigenvalue weighted by molar-refractivity contribution is 5.93. The number of rotatable bonds is 10. The number of nitro groups is 2. The number of hydrogen-bond acceptors (Lipinski definition) is 9. The normalized spacial score (nSPS) is 11.1. The summed E-state index contributed by atoms with van der Waals surface area (Å²) in [5, 5.41) is 30.4. The lowest BCUT2D eigenvalue weighted by atomic mass is 10.1. The number of nitro benzene ring substituents is 2. The van der Waals surface area contributed by atoms with Crippen LogP contribution >= 0.6 is 0 Å². The molecule has 0 fully saturated rings. The van der Waals surface area contributed by atoms with Gasteiger partial charge in [-0.15, -0.1) is 0 Å². The van der Waals surface area contributed by atoms with Crippen molar-refractivity contribution >= 4 is 44.6 Å². The van der Waals surface area contributed by atoms with E-state index in [1.54, 1.807) is 24.5 Å². The number of hydrogen-bond donors (Lipinski definition) is 2. The van der Waals surface area contributed by atoms with Crippen LogP contribution in [0, 0.1) is 20.2 Å². The molecule has 0 amide bonds. The minimum atomic E-state index is -0.428. The van der Waals surface area contributed by atoms with E-state index in [4.69, 9.17) is 0 Å². The predicted molar refractivity (Wildman–Crippen MR) is 131 cm³/mol. The van der Waals surface area contributed by atoms with Crippen molar-refractivity contribution in [2.75, 3.05) is 43.9 Å². The summed E-state index contributed by atoms with van der Waals surface area (Å²) in [4.78, 5) is 31.7. The van der Waals surface area contributed by atoms with Gasteiger partial charge < -0.3 is 15.5 Å². The molecule has 0 spiro atoms. The molecule has 0 atom stereocenters. The van der Waals surface area contributed by atoms with Gasteiger partial charge in [0.1, 0.15) is 0 Å². The molecule has 2 heterocycles. The topological polar surface area (TPSA) is 139 Å². The molecule has 174 valence electrons. The third-order valence-corrected chi connectivity index (χ3v) is 5.49. The number of benzene rings is 2. The molecule has 2 aromatic carbocycles. The predicted octanol–water partition coefficient (Wildman–Crippen LogP) is 4.06. The van der Waals surface area contributed by atoms with Crippen molar-refractivity contribution in [3.63, 3.8) is 0 Å². The molecule has 11 nitrogen and oxygen atoms in total. The molecule has 0 saturated carbocycles. The number of nitrogens with one attached hydrogen (secondary N) is 2. The molecule has 4 aromatic rings. The van der Waals surface area contributed by atoms with Gasteiger partial charge in [-0.05, 0) is 31.3 Å². The second kappa shape index (κ2) is 10.0. The Morgan fingerprint density at radius 1 is 0.765 bits per heavy atom. The number of nitrogens with zero attached hydrogens (tertiary/aromatic N) is 5. The zero-order valence-corrected chi connectivity index (χ0v) is 18.5. The maximum atomic E-state index is 11.0. The first-order valence-corrected chi connectivity index (χ1v) is 10.6. The number of anilines is 2. The van der Waals surface area contributed by atoms with E-state index in [2.05, 4.69) is 25.5 Å². The van der Waals surface area contributed by atoms with Crippen molar-refractivity contribution in [1.29, 1.82) is 0 Å². The van der Waals surface area contributed by atoms with Crippen LogP contribution < -0.4 is 10.6 Å². The number of pyridine rings is 2. The fraction of sp³-hybridized carbons (Fsp3) is 0.217. The van der Waals surface area contributed by atoms with E-state index in [1.807, 2.05) is 19.2 Å². The average Bonchev–Trinajstić information content (AvgIpc) is 2.83. The van der Waals surface area contributed by atoms with Crippen LogP contribution in [0.15, 0.2) is 60.9 Å². The Kier molecular flexibility index (Phi) is 6.74. The van der Waals surface area contributed by atoms with Crippen molar-refractivity contribution in [3.05, 3.63) is 81.2 Å². The van der Waals surface area contributed by atoms with Gasteiger partial charge in [-0.2, -0.15) is 0 Å². The molecule has 0 bridgehead atoms. The van der Waals surface area contributed by atoms with Gasteiger partial charge in [0.2, 0.25) is 0 Å². The third kappa shape index (κ3) is 5.15. The lowest BCUT2D eigenvalue weighted by molar-refractivity contribution is -0.384. The third-order valence-electron chi connectivity index (χ3n) is 5.49. The van der Waals surface area contributed by atoms with Crippen molar-refractivity contribution in [2.24, 2.45) is 0 Å². The molecule has 0 saturated heterocycles. The van der Waals surface area contributed by atoms with Crippen LogP contribution in [0.1, 0.15) is 0 Å². The fourth-order valence-electron chi connectivity index (χ4n) is 3.68. The van der Waals surface area contributed by atoms with E-state index in [-0.39, 0.29) is 11.4 Å². The van der Waals surface area contributed by atoms with E-state index in [1.165, 1.54) is 24.3 Å². The van der Waals surface area contributed by atoms with Gasteiger partial charge in [-0.3, -0.25) is 30.2 Å². The summed E-state index contributed by atoms with van der Waals surface area (Å²) in [5.74, 6) is 0. The van der Waals surface area contributed by atoms with E-state index in [0.29, 0.717) is 24.1 Å². The summed E-state index contributed by atoms with van der Waals surface area (Å²) in [5.41, 5.74) is 2.94. The second-order valence-electron chi connectivity index (χ2n) is 7.79. The standard InChI is InChI=1S/C23H23N7O4/c1-28(12-10-26-20-6-8-24-22-14-16(29(31)32)2-4-18(20)22)13-11-27-21-7-9-25-23-15-17(30(33)34)3-5-19(21)23/h2-9,14-15H,10-13H2,1H3,(H,24,26)(H,25,27). The van der Waals surface area contributed by atoms with Gasteiger partial charge in [0.15, 0.2) is 0 Å². The summed E-state index contributed by atoms with van der Waals surface area (Å²) >= 11 is 0. The first-order valence-electron chi connectivity index (χ1n) is 10.6. The molecule has 0 aliphatic carbocycles. The molecule has 0 unspecified atom stereocenters. The Morgan fingerprint density at radius 2 is 1.21 bits per heavy atom. The van der Waals surface area contributed by atoms with E-state index < -0.39 is 9.85 Å². The minimum Gasteiger partial charge on any atom is -0.383 e. The number of fused-ring (bicyclic) bond motifs is 2. The van der Waals surface area contributed by atoms with Gasteiger partial charge in [0, 0.05) is 85.0 Å². The number of non-ortho nitro benzene ring substituents is 2. The summed E-state index contributed by atoms with van der Waals surface area (Å²) < 4.78 is 0. The smallest absolute Gasteiger partial charge is 0.271 e. The minimum absolute atomic E-state index is 0.0181. The molecule has 2 aromatic heterocycles. The SMILES string of the molecule is CN(CCNc1ccnc2cc([N+](=O)[O-])ccc12)CCNc1ccnc2cc([N+](=O)[O-])ccc12. The van der Waals surface area contributed by atoms with Crippen LogP contribution in [0.25, 0.3) is 21.8 Å². The van der Waals surface area contributed by atoms with Crippen LogP contribution in [0.3, 0.4) is 0 Å². The Bertz CT molecular complexity index is 1260. The van der Waals surface area contributed by atoms with Crippen LogP contribution in [-0.4, -0.2) is 57.9 Å². The van der Waals surface area contributed by atoms with Crippen molar-refractivity contribution in [1.82, 2.24) is 14.9 Å². The van der Waals surface area contributed by atoms with Crippen LogP contribution in [0.5, 0.6) is 0 Å². The zero-order chi connectivity index (χ0) is 24.1. The molecule has 0 aliphatic rings. The van der Waals surface area contributed by atoms with Gasteiger partial charge in [-0.25, -0.2) is 0 Å². The summed E-state index contributed by atoms with van der Waals surface area (Å²) in [6.07, 6.45) is 3.27. The van der Waals surface area contributed by atoms with Gasteiger partial charge in [0.25, 0.3) is 11.4 Å². The van der Waals surface area contributed by atoms with Gasteiger partial charge in [0.05, 0.1) is 20.9 Å². The molecule has 4 rings (SSSR count). The van der Waals surface area contributed by atoms with E-state index in [0.717, 1.165) is 35.2 Å². The maximum Gasteiger partial charge on any atom is 0.271 e. The quantitative estimate of drug-likeness (QED) is 0.264. The number of aromatic nitrogens is 2. The van der Waals surface area contributed by atoms with Crippen molar-refractivity contribution in [3.8, 4) is 0 Å². The van der Waals surface area contributed by atoms with Crippen LogP contribution in [-0.2, 0) is 0 Å². The van der Waals surface area contributed by atoms with E-state index >= 15 is 0 Å². The molecule has 11 heteroatoms. The van der Waals surface area contributed by atoms with Crippen LogP contribution in [0.4, 0.5) is 22.7 Å². The Morgan fingerprint density at radius 3 is 1.62 bits per heavy atom. The Balaban J connectivity index is 1.29. The monoisotopic (exact) mass is 461 g/mol. The summed E-state index contributed by atoms with van der Waals surface area (Å²) in [6, 6.07) is 13.0. The molecule has 0 aliphatic heterocycles. The lowest BCUT2D eigenvalue weighted by Gasteiger charge is -2.19. The largest absolute Gasteiger partial charge is 0.383 e. The highest BCUT2D eigenvalue weighted by Gasteiger charge is 2.11. The first-order chi connectivity index (χ1) is 16.4.